The quantitative estimate of drug-likeness (QED) is 0.606. The highest BCUT2D eigenvalue weighted by atomic mass is 16.1. The second kappa shape index (κ2) is 4.15. The zero-order valence-electron chi connectivity index (χ0n) is 12.3. The minimum atomic E-state index is -0.309. The first-order valence-corrected chi connectivity index (χ1v) is 7.23. The number of Topliss-reactive ketones (excluding diaryl/α,β-unsaturated/α-hetero) is 1. The minimum Gasteiger partial charge on any atom is -0.298 e. The molecule has 1 aromatic carbocycles. The van der Waals surface area contributed by atoms with E-state index >= 15 is 0 Å². The summed E-state index contributed by atoms with van der Waals surface area (Å²) in [7, 11) is 0. The van der Waals surface area contributed by atoms with E-state index in [1.54, 1.807) is 0 Å². The van der Waals surface area contributed by atoms with Crippen molar-refractivity contribution < 1.29 is 9.59 Å². The van der Waals surface area contributed by atoms with Gasteiger partial charge in [-0.3, -0.25) is 9.59 Å². The molecule has 2 heteroatoms. The largest absolute Gasteiger partial charge is 0.298 e. The normalized spacial score (nSPS) is 33.4. The molecule has 2 saturated carbocycles. The van der Waals surface area contributed by atoms with Crippen LogP contribution in [0.25, 0.3) is 5.57 Å². The molecule has 0 heterocycles. The molecule has 2 atom stereocenters. The average Bonchev–Trinajstić information content (AvgIpc) is 2.75. The lowest BCUT2D eigenvalue weighted by Gasteiger charge is -2.31. The van der Waals surface area contributed by atoms with Crippen LogP contribution in [0.2, 0.25) is 0 Å². The second-order valence-corrected chi connectivity index (χ2v) is 6.79. The minimum absolute atomic E-state index is 0.0531. The molecule has 0 N–H and O–H groups in total. The van der Waals surface area contributed by atoms with E-state index in [2.05, 4.69) is 20.8 Å². The highest BCUT2D eigenvalue weighted by molar-refractivity contribution is 6.21. The van der Waals surface area contributed by atoms with Gasteiger partial charge in [0.1, 0.15) is 0 Å². The van der Waals surface area contributed by atoms with Gasteiger partial charge in [-0.1, -0.05) is 51.1 Å². The maximum atomic E-state index is 12.9. The number of hydrogen-bond donors (Lipinski definition) is 0. The van der Waals surface area contributed by atoms with Gasteiger partial charge in [-0.25, -0.2) is 0 Å². The van der Waals surface area contributed by atoms with E-state index in [-0.39, 0.29) is 22.5 Å². The van der Waals surface area contributed by atoms with Crippen molar-refractivity contribution in [2.45, 2.75) is 33.6 Å². The Morgan fingerprint density at radius 3 is 2.35 bits per heavy atom. The average molecular weight is 268 g/mol. The third-order valence-corrected chi connectivity index (χ3v) is 5.81. The number of benzene rings is 1. The first kappa shape index (κ1) is 13.3. The van der Waals surface area contributed by atoms with Gasteiger partial charge in [-0.2, -0.15) is 0 Å². The lowest BCUT2D eigenvalue weighted by atomic mass is 9.70. The summed E-state index contributed by atoms with van der Waals surface area (Å²) in [5, 5.41) is 0. The van der Waals surface area contributed by atoms with Gasteiger partial charge in [0.05, 0.1) is 0 Å². The maximum absolute atomic E-state index is 12.9. The van der Waals surface area contributed by atoms with Crippen LogP contribution in [0.15, 0.2) is 35.9 Å². The van der Waals surface area contributed by atoms with Gasteiger partial charge in [0, 0.05) is 16.6 Å². The lowest BCUT2D eigenvalue weighted by Crippen LogP contribution is -2.32. The molecule has 0 aliphatic heterocycles. The van der Waals surface area contributed by atoms with Crippen LogP contribution in [0, 0.1) is 16.7 Å². The molecule has 2 bridgehead atoms. The van der Waals surface area contributed by atoms with Crippen LogP contribution in [0.5, 0.6) is 0 Å². The van der Waals surface area contributed by atoms with Crippen molar-refractivity contribution in [3.8, 4) is 0 Å². The lowest BCUT2D eigenvalue weighted by molar-refractivity contribution is -0.125. The van der Waals surface area contributed by atoms with Crippen LogP contribution in [0.3, 0.4) is 0 Å². The second-order valence-electron chi connectivity index (χ2n) is 6.79. The van der Waals surface area contributed by atoms with Gasteiger partial charge in [-0.05, 0) is 29.7 Å². The SMILES string of the molecule is CC12CCC(C(=C(C=O)c3ccccc3)C1=O)C2(C)C. The topological polar surface area (TPSA) is 34.1 Å². The molecule has 0 radical (unpaired) electrons. The number of carbonyl (C=O) groups excluding carboxylic acids is 2. The number of ketones is 1. The van der Waals surface area contributed by atoms with Gasteiger partial charge in [0.2, 0.25) is 0 Å². The Hall–Kier alpha value is -1.70. The van der Waals surface area contributed by atoms with E-state index in [0.717, 1.165) is 30.3 Å². The molecule has 0 aromatic heterocycles. The summed E-state index contributed by atoms with van der Waals surface area (Å²) in [5.41, 5.74) is 1.86. The number of carbonyl (C=O) groups is 2. The van der Waals surface area contributed by atoms with E-state index in [1.807, 2.05) is 30.3 Å². The van der Waals surface area contributed by atoms with Crippen LogP contribution < -0.4 is 0 Å². The smallest absolute Gasteiger partial charge is 0.166 e. The molecule has 2 fully saturated rings. The zero-order valence-corrected chi connectivity index (χ0v) is 12.3. The molecule has 2 nitrogen and oxygen atoms in total. The summed E-state index contributed by atoms with van der Waals surface area (Å²) in [6.07, 6.45) is 2.81. The Labute approximate surface area is 119 Å². The fourth-order valence-corrected chi connectivity index (χ4v) is 4.08. The maximum Gasteiger partial charge on any atom is 0.166 e. The van der Waals surface area contributed by atoms with Gasteiger partial charge in [0.15, 0.2) is 12.1 Å². The van der Waals surface area contributed by atoms with Crippen molar-refractivity contribution in [3.05, 3.63) is 41.5 Å². The summed E-state index contributed by atoms with van der Waals surface area (Å²) < 4.78 is 0. The molecule has 2 aliphatic carbocycles. The van der Waals surface area contributed by atoms with Crippen LogP contribution in [0.1, 0.15) is 39.2 Å². The molecule has 20 heavy (non-hydrogen) atoms. The first-order valence-electron chi connectivity index (χ1n) is 7.23. The molecule has 3 rings (SSSR count). The molecule has 104 valence electrons. The van der Waals surface area contributed by atoms with Crippen molar-refractivity contribution in [1.82, 2.24) is 0 Å². The van der Waals surface area contributed by atoms with Crippen LogP contribution in [-0.4, -0.2) is 12.1 Å². The van der Waals surface area contributed by atoms with Crippen LogP contribution >= 0.6 is 0 Å². The van der Waals surface area contributed by atoms with Gasteiger partial charge in [-0.15, -0.1) is 0 Å². The number of aldehydes is 1. The Morgan fingerprint density at radius 2 is 1.85 bits per heavy atom. The molecule has 1 aromatic rings. The van der Waals surface area contributed by atoms with Crippen molar-refractivity contribution >= 4 is 17.6 Å². The fourth-order valence-electron chi connectivity index (χ4n) is 4.08. The molecule has 2 unspecified atom stereocenters. The number of hydrogen-bond acceptors (Lipinski definition) is 2. The summed E-state index contributed by atoms with van der Waals surface area (Å²) in [6.45, 7) is 6.40. The molecule has 2 aliphatic rings. The highest BCUT2D eigenvalue weighted by Crippen LogP contribution is 2.66. The standard InChI is InChI=1S/C18H20O2/c1-17(2)14-9-10-18(17,3)16(20)15(14)13(11-19)12-7-5-4-6-8-12/h4-8,11,14H,9-10H2,1-3H3. The molecule has 0 spiro atoms. The van der Waals surface area contributed by atoms with E-state index in [1.165, 1.54) is 0 Å². The highest BCUT2D eigenvalue weighted by Gasteiger charge is 2.64. The third-order valence-electron chi connectivity index (χ3n) is 5.81. The van der Waals surface area contributed by atoms with Gasteiger partial charge >= 0.3 is 0 Å². The summed E-state index contributed by atoms with van der Waals surface area (Å²) in [4.78, 5) is 24.5. The molecular weight excluding hydrogens is 248 g/mol. The molecule has 0 saturated heterocycles. The molecule has 0 amide bonds. The third kappa shape index (κ3) is 1.45. The van der Waals surface area contributed by atoms with Crippen LogP contribution in [-0.2, 0) is 9.59 Å². The molecular formula is C18H20O2. The summed E-state index contributed by atoms with van der Waals surface area (Å²) in [5.74, 6) is 0.394. The monoisotopic (exact) mass is 268 g/mol. The van der Waals surface area contributed by atoms with Crippen molar-refractivity contribution in [1.29, 1.82) is 0 Å². The first-order chi connectivity index (χ1) is 9.43. The number of rotatable bonds is 2. The van der Waals surface area contributed by atoms with E-state index in [0.29, 0.717) is 5.57 Å². The van der Waals surface area contributed by atoms with Gasteiger partial charge in [0.25, 0.3) is 0 Å². The Balaban J connectivity index is 2.22. The van der Waals surface area contributed by atoms with Crippen molar-refractivity contribution in [3.63, 3.8) is 0 Å². The van der Waals surface area contributed by atoms with Gasteiger partial charge < -0.3 is 0 Å². The Morgan fingerprint density at radius 1 is 1.20 bits per heavy atom. The summed E-state index contributed by atoms with van der Waals surface area (Å²) >= 11 is 0. The predicted octanol–water partition coefficient (Wildman–Crippen LogP) is 3.66. The van der Waals surface area contributed by atoms with E-state index in [9.17, 15) is 9.59 Å². The van der Waals surface area contributed by atoms with Crippen LogP contribution in [0.4, 0.5) is 0 Å². The van der Waals surface area contributed by atoms with E-state index < -0.39 is 0 Å². The fraction of sp³-hybridized carbons (Fsp3) is 0.444. The Kier molecular flexibility index (Phi) is 2.75. The summed E-state index contributed by atoms with van der Waals surface area (Å²) in [6, 6.07) is 9.55. The van der Waals surface area contributed by atoms with E-state index in [4.69, 9.17) is 0 Å². The number of fused-ring (bicyclic) bond motifs is 2. The predicted molar refractivity (Wildman–Crippen MR) is 79.0 cm³/mol. The number of allylic oxidation sites excluding steroid dienone is 2. The zero-order chi connectivity index (χ0) is 14.5. The Bertz CT molecular complexity index is 610. The van der Waals surface area contributed by atoms with Crippen molar-refractivity contribution in [2.24, 2.45) is 16.7 Å². The van der Waals surface area contributed by atoms with Crippen molar-refractivity contribution in [2.75, 3.05) is 0 Å².